The summed E-state index contributed by atoms with van der Waals surface area (Å²) in [5, 5.41) is 1.01. The van der Waals surface area contributed by atoms with Gasteiger partial charge < -0.3 is 14.9 Å². The minimum Gasteiger partial charge on any atom is -0.360 e. The summed E-state index contributed by atoms with van der Waals surface area (Å²) in [6, 6.07) is 8.28. The molecular weight excluding hydrogens is 300 g/mol. The molecule has 1 aromatic carbocycles. The number of aryl methyl sites for hydroxylation is 1. The van der Waals surface area contributed by atoms with Gasteiger partial charge in [0.1, 0.15) is 5.82 Å². The average Bonchev–Trinajstić information content (AvgIpc) is 3.17. The van der Waals surface area contributed by atoms with Gasteiger partial charge in [-0.15, -0.1) is 0 Å². The number of para-hydroxylation sites is 1. The van der Waals surface area contributed by atoms with Gasteiger partial charge in [-0.3, -0.25) is 4.79 Å². The Kier molecular flexibility index (Phi) is 2.86. The van der Waals surface area contributed by atoms with Crippen LogP contribution in [0, 0.1) is 6.92 Å². The largest absolute Gasteiger partial charge is 0.360 e. The molecule has 24 heavy (non-hydrogen) atoms. The van der Waals surface area contributed by atoms with Crippen molar-refractivity contribution < 1.29 is 4.79 Å². The number of aromatic amines is 2. The van der Waals surface area contributed by atoms with E-state index >= 15 is 0 Å². The van der Waals surface area contributed by atoms with Gasteiger partial charge in [0.2, 0.25) is 0 Å². The SMILES string of the molecule is Cc1nc2c([nH]1)C[C@@H]1C[C@H]2CCN1C(=O)c1c[nH]c2ccccc12. The number of piperidine rings is 1. The fraction of sp³-hybridized carbons (Fsp3) is 0.368. The second-order valence-electron chi connectivity index (χ2n) is 7.01. The molecule has 5 nitrogen and oxygen atoms in total. The summed E-state index contributed by atoms with van der Waals surface area (Å²) in [5.74, 6) is 1.63. The molecule has 1 fully saturated rings. The third kappa shape index (κ3) is 1.94. The first kappa shape index (κ1) is 13.8. The molecule has 2 N–H and O–H groups in total. The van der Waals surface area contributed by atoms with E-state index in [2.05, 4.69) is 19.9 Å². The molecule has 3 heterocycles. The number of hydrogen-bond acceptors (Lipinski definition) is 2. The summed E-state index contributed by atoms with van der Waals surface area (Å²) >= 11 is 0. The van der Waals surface area contributed by atoms with Crippen LogP contribution in [0.15, 0.2) is 30.5 Å². The Balaban J connectivity index is 1.49. The molecule has 2 aromatic heterocycles. The topological polar surface area (TPSA) is 64.8 Å². The lowest BCUT2D eigenvalue weighted by Crippen LogP contribution is -2.48. The number of H-pyrrole nitrogens is 2. The van der Waals surface area contributed by atoms with Crippen LogP contribution in [0.2, 0.25) is 0 Å². The summed E-state index contributed by atoms with van der Waals surface area (Å²) in [6.07, 6.45) is 4.78. The van der Waals surface area contributed by atoms with Crippen LogP contribution in [0.25, 0.3) is 10.9 Å². The molecule has 1 aliphatic heterocycles. The summed E-state index contributed by atoms with van der Waals surface area (Å²) in [5.41, 5.74) is 4.27. The van der Waals surface area contributed by atoms with Gasteiger partial charge in [-0.1, -0.05) is 18.2 Å². The molecule has 1 aliphatic carbocycles. The van der Waals surface area contributed by atoms with Crippen LogP contribution in [0.5, 0.6) is 0 Å². The second-order valence-corrected chi connectivity index (χ2v) is 7.01. The molecular formula is C19H20N4O. The van der Waals surface area contributed by atoms with Gasteiger partial charge in [0.15, 0.2) is 0 Å². The number of nitrogens with zero attached hydrogens (tertiary/aromatic N) is 2. The van der Waals surface area contributed by atoms with E-state index < -0.39 is 0 Å². The van der Waals surface area contributed by atoms with Gasteiger partial charge >= 0.3 is 0 Å². The van der Waals surface area contributed by atoms with E-state index in [1.165, 1.54) is 11.4 Å². The molecule has 0 unspecified atom stereocenters. The first-order chi connectivity index (χ1) is 11.7. The Labute approximate surface area is 140 Å². The maximum absolute atomic E-state index is 13.2. The number of likely N-dealkylation sites (tertiary alicyclic amines) is 1. The molecule has 2 aliphatic rings. The standard InChI is InChI=1S/C19H20N4O/c1-11-21-17-9-13-8-12(18(17)22-11)6-7-23(13)19(24)15-10-20-16-5-3-2-4-14(15)16/h2-5,10,12-13,20H,6-9H2,1H3,(H,21,22)/t12-,13+/m1/s1. The highest BCUT2D eigenvalue weighted by Gasteiger charge is 2.39. The summed E-state index contributed by atoms with van der Waals surface area (Å²) < 4.78 is 0. The van der Waals surface area contributed by atoms with E-state index in [1.807, 2.05) is 37.4 Å². The lowest BCUT2D eigenvalue weighted by Gasteiger charge is -2.42. The van der Waals surface area contributed by atoms with Crippen LogP contribution < -0.4 is 0 Å². The fourth-order valence-electron chi connectivity index (χ4n) is 4.45. The van der Waals surface area contributed by atoms with E-state index in [-0.39, 0.29) is 11.9 Å². The highest BCUT2D eigenvalue weighted by atomic mass is 16.2. The predicted molar refractivity (Wildman–Crippen MR) is 92.1 cm³/mol. The van der Waals surface area contributed by atoms with Crippen molar-refractivity contribution in [1.82, 2.24) is 19.9 Å². The number of carbonyl (C=O) groups excluding carboxylic acids is 1. The second kappa shape index (κ2) is 4.97. The van der Waals surface area contributed by atoms with Crippen LogP contribution in [-0.4, -0.2) is 38.3 Å². The Morgan fingerprint density at radius 3 is 3.12 bits per heavy atom. The quantitative estimate of drug-likeness (QED) is 0.723. The van der Waals surface area contributed by atoms with Crippen LogP contribution in [0.3, 0.4) is 0 Å². The van der Waals surface area contributed by atoms with Crippen LogP contribution >= 0.6 is 0 Å². The zero-order valence-corrected chi connectivity index (χ0v) is 13.7. The van der Waals surface area contributed by atoms with Crippen molar-refractivity contribution in [3.63, 3.8) is 0 Å². The van der Waals surface area contributed by atoms with Crippen molar-refractivity contribution in [2.24, 2.45) is 0 Å². The van der Waals surface area contributed by atoms with Crippen molar-refractivity contribution in [2.45, 2.75) is 38.1 Å². The Bertz CT molecular complexity index is 938. The maximum Gasteiger partial charge on any atom is 0.256 e. The predicted octanol–water partition coefficient (Wildman–Crippen LogP) is 3.14. The van der Waals surface area contributed by atoms with Gasteiger partial charge in [0.05, 0.1) is 11.3 Å². The molecule has 0 spiro atoms. The molecule has 2 bridgehead atoms. The van der Waals surface area contributed by atoms with E-state index in [1.54, 1.807) is 0 Å². The lowest BCUT2D eigenvalue weighted by molar-refractivity contribution is 0.0573. The normalized spacial score (nSPS) is 22.6. The van der Waals surface area contributed by atoms with Gasteiger partial charge in [-0.2, -0.15) is 0 Å². The molecule has 2 atom stereocenters. The Hall–Kier alpha value is -2.56. The number of fused-ring (bicyclic) bond motifs is 5. The first-order valence-corrected chi connectivity index (χ1v) is 8.63. The van der Waals surface area contributed by atoms with Gasteiger partial charge in [-0.25, -0.2) is 4.98 Å². The Morgan fingerprint density at radius 2 is 2.21 bits per heavy atom. The number of benzene rings is 1. The van der Waals surface area contributed by atoms with Crippen LogP contribution in [0.1, 0.15) is 46.3 Å². The smallest absolute Gasteiger partial charge is 0.256 e. The van der Waals surface area contributed by atoms with Crippen molar-refractivity contribution in [3.8, 4) is 0 Å². The number of rotatable bonds is 1. The molecule has 3 aromatic rings. The highest BCUT2D eigenvalue weighted by molar-refractivity contribution is 6.06. The minimum atomic E-state index is 0.149. The Morgan fingerprint density at radius 1 is 1.33 bits per heavy atom. The molecule has 122 valence electrons. The summed E-state index contributed by atoms with van der Waals surface area (Å²) in [4.78, 5) is 26.5. The zero-order valence-electron chi connectivity index (χ0n) is 13.7. The molecule has 5 rings (SSSR count). The molecule has 5 heteroatoms. The van der Waals surface area contributed by atoms with E-state index in [0.29, 0.717) is 5.92 Å². The lowest BCUT2D eigenvalue weighted by atomic mass is 9.80. The summed E-state index contributed by atoms with van der Waals surface area (Å²) in [6.45, 7) is 2.83. The number of hydrogen-bond donors (Lipinski definition) is 2. The van der Waals surface area contributed by atoms with Crippen molar-refractivity contribution >= 4 is 16.8 Å². The minimum absolute atomic E-state index is 0.149. The highest BCUT2D eigenvalue weighted by Crippen LogP contribution is 2.39. The number of aromatic nitrogens is 3. The zero-order chi connectivity index (χ0) is 16.3. The van der Waals surface area contributed by atoms with Gasteiger partial charge in [0, 0.05) is 47.7 Å². The van der Waals surface area contributed by atoms with E-state index in [0.717, 1.165) is 48.1 Å². The third-order valence-electron chi connectivity index (χ3n) is 5.55. The molecule has 1 amide bonds. The molecule has 0 saturated carbocycles. The number of nitrogens with one attached hydrogen (secondary N) is 2. The van der Waals surface area contributed by atoms with Crippen molar-refractivity contribution in [1.29, 1.82) is 0 Å². The average molecular weight is 320 g/mol. The molecule has 0 radical (unpaired) electrons. The van der Waals surface area contributed by atoms with Crippen LogP contribution in [-0.2, 0) is 6.42 Å². The third-order valence-corrected chi connectivity index (χ3v) is 5.55. The number of imidazole rings is 1. The van der Waals surface area contributed by atoms with E-state index in [4.69, 9.17) is 0 Å². The number of carbonyl (C=O) groups is 1. The van der Waals surface area contributed by atoms with Gasteiger partial charge in [-0.05, 0) is 25.8 Å². The first-order valence-electron chi connectivity index (χ1n) is 8.63. The molecule has 1 saturated heterocycles. The monoisotopic (exact) mass is 320 g/mol. The van der Waals surface area contributed by atoms with Crippen molar-refractivity contribution in [3.05, 3.63) is 53.2 Å². The van der Waals surface area contributed by atoms with E-state index in [9.17, 15) is 4.79 Å². The van der Waals surface area contributed by atoms with Crippen LogP contribution in [0.4, 0.5) is 0 Å². The van der Waals surface area contributed by atoms with Crippen molar-refractivity contribution in [2.75, 3.05) is 6.54 Å². The van der Waals surface area contributed by atoms with Gasteiger partial charge in [0.25, 0.3) is 5.91 Å². The number of amides is 1. The maximum atomic E-state index is 13.2. The summed E-state index contributed by atoms with van der Waals surface area (Å²) in [7, 11) is 0. The fourth-order valence-corrected chi connectivity index (χ4v) is 4.45.